The summed E-state index contributed by atoms with van der Waals surface area (Å²) in [5.74, 6) is -1.57. The van der Waals surface area contributed by atoms with E-state index in [-0.39, 0.29) is 5.75 Å². The van der Waals surface area contributed by atoms with Gasteiger partial charge in [-0.3, -0.25) is 4.79 Å². The zero-order valence-electron chi connectivity index (χ0n) is 24.4. The van der Waals surface area contributed by atoms with Crippen molar-refractivity contribution in [1.29, 1.82) is 0 Å². The fourth-order valence-electron chi connectivity index (χ4n) is 5.29. The molecular weight excluding hydrogens is 610 g/mol. The minimum Gasteiger partial charge on any atom is -0.497 e. The van der Waals surface area contributed by atoms with Crippen LogP contribution in [0.15, 0.2) is 24.3 Å². The van der Waals surface area contributed by atoms with Crippen molar-refractivity contribution < 1.29 is 83.6 Å². The summed E-state index contributed by atoms with van der Waals surface area (Å²) in [5, 5.41) is 85.9. The number of carboxylic acids is 1. The fraction of sp³-hybridized carbons (Fsp3) is 0.704. The molecule has 0 aliphatic carbocycles. The van der Waals surface area contributed by atoms with Crippen LogP contribution in [0.1, 0.15) is 13.8 Å². The summed E-state index contributed by atoms with van der Waals surface area (Å²) in [4.78, 5) is 23.6. The summed E-state index contributed by atoms with van der Waals surface area (Å²) in [6.07, 6.45) is -23.3. The third-order valence-electron chi connectivity index (χ3n) is 7.71. The van der Waals surface area contributed by atoms with E-state index in [4.69, 9.17) is 33.2 Å². The molecule has 3 aliphatic rings. The highest BCUT2D eigenvalue weighted by Gasteiger charge is 2.54. The largest absolute Gasteiger partial charge is 0.497 e. The first-order valence-corrected chi connectivity index (χ1v) is 14.0. The van der Waals surface area contributed by atoms with Gasteiger partial charge >= 0.3 is 5.97 Å². The van der Waals surface area contributed by atoms with Gasteiger partial charge in [-0.2, -0.15) is 0 Å². The Kier molecular flexibility index (Phi) is 11.6. The molecule has 0 spiro atoms. The van der Waals surface area contributed by atoms with Gasteiger partial charge in [-0.25, -0.2) is 4.79 Å². The van der Waals surface area contributed by atoms with Gasteiger partial charge in [0.2, 0.25) is 12.2 Å². The normalized spacial score (nSPS) is 42.0. The van der Waals surface area contributed by atoms with Crippen LogP contribution in [-0.4, -0.2) is 159 Å². The van der Waals surface area contributed by atoms with Gasteiger partial charge in [-0.1, -0.05) is 0 Å². The molecule has 0 saturated carbocycles. The lowest BCUT2D eigenvalue weighted by Gasteiger charge is -2.48. The lowest BCUT2D eigenvalue weighted by Crippen LogP contribution is -2.68. The summed E-state index contributed by atoms with van der Waals surface area (Å²) in [5.41, 5.74) is 0. The van der Waals surface area contributed by atoms with Crippen molar-refractivity contribution >= 4 is 11.9 Å². The lowest BCUT2D eigenvalue weighted by molar-refractivity contribution is -0.365. The second kappa shape index (κ2) is 14.8. The van der Waals surface area contributed by atoms with Crippen molar-refractivity contribution in [2.75, 3.05) is 13.7 Å². The average molecular weight is 650 g/mol. The van der Waals surface area contributed by atoms with Gasteiger partial charge in [-0.05, 0) is 31.2 Å². The van der Waals surface area contributed by atoms with Gasteiger partial charge in [0.25, 0.3) is 0 Å². The van der Waals surface area contributed by atoms with Crippen LogP contribution in [0.25, 0.3) is 0 Å². The number of ether oxygens (including phenoxy) is 7. The zero-order chi connectivity index (χ0) is 33.2. The Morgan fingerprint density at radius 2 is 1.40 bits per heavy atom. The first kappa shape index (κ1) is 35.1. The van der Waals surface area contributed by atoms with Gasteiger partial charge in [-0.15, -0.1) is 0 Å². The van der Waals surface area contributed by atoms with E-state index >= 15 is 0 Å². The molecule has 1 aromatic carbocycles. The maximum Gasteiger partial charge on any atom is 0.335 e. The van der Waals surface area contributed by atoms with Crippen molar-refractivity contribution in [2.45, 2.75) is 106 Å². The number of amides is 1. The fourth-order valence-corrected chi connectivity index (χ4v) is 5.29. The number of benzene rings is 1. The molecule has 1 aromatic rings. The number of aliphatic hydroxyl groups excluding tert-OH is 7. The number of carboxylic acid groups (broad SMARTS) is 1. The van der Waals surface area contributed by atoms with Gasteiger partial charge in [0.05, 0.1) is 19.8 Å². The van der Waals surface area contributed by atoms with Gasteiger partial charge < -0.3 is 79.3 Å². The van der Waals surface area contributed by atoms with Crippen LogP contribution in [0.2, 0.25) is 0 Å². The van der Waals surface area contributed by atoms with E-state index in [1.54, 1.807) is 12.1 Å². The molecule has 0 unspecified atom stereocenters. The predicted molar refractivity (Wildman–Crippen MR) is 143 cm³/mol. The maximum absolute atomic E-state index is 11.9. The van der Waals surface area contributed by atoms with Crippen LogP contribution in [0.3, 0.4) is 0 Å². The summed E-state index contributed by atoms with van der Waals surface area (Å²) in [7, 11) is 1.45. The molecular formula is C27H39NO17. The number of rotatable bonds is 10. The second-order valence-electron chi connectivity index (χ2n) is 10.9. The Morgan fingerprint density at radius 1 is 0.778 bits per heavy atom. The Hall–Kier alpha value is -2.72. The average Bonchev–Trinajstić information content (AvgIpc) is 3.00. The summed E-state index contributed by atoms with van der Waals surface area (Å²) < 4.78 is 38.6. The number of nitrogens with one attached hydrogen (secondary N) is 1. The number of aliphatic carboxylic acids is 1. The number of hydrogen-bond donors (Lipinski definition) is 9. The van der Waals surface area contributed by atoms with Gasteiger partial charge in [0, 0.05) is 6.92 Å². The molecule has 18 nitrogen and oxygen atoms in total. The van der Waals surface area contributed by atoms with Crippen LogP contribution >= 0.6 is 0 Å². The molecule has 45 heavy (non-hydrogen) atoms. The minimum absolute atomic E-state index is 0.153. The number of carbonyl (C=O) groups is 2. The Labute approximate surface area is 256 Å². The number of carbonyl (C=O) groups excluding carboxylic acids is 1. The molecule has 18 heteroatoms. The van der Waals surface area contributed by atoms with Crippen LogP contribution in [0.4, 0.5) is 0 Å². The van der Waals surface area contributed by atoms with E-state index in [0.717, 1.165) is 6.92 Å². The van der Waals surface area contributed by atoms with E-state index in [0.29, 0.717) is 5.75 Å². The quantitative estimate of drug-likeness (QED) is 0.116. The molecule has 3 aliphatic heterocycles. The molecule has 4 rings (SSSR count). The topological polar surface area (TPSA) is 273 Å². The van der Waals surface area contributed by atoms with Crippen molar-refractivity contribution in [3.63, 3.8) is 0 Å². The van der Waals surface area contributed by atoms with Crippen molar-refractivity contribution in [3.05, 3.63) is 24.3 Å². The first-order valence-electron chi connectivity index (χ1n) is 14.0. The molecule has 3 saturated heterocycles. The highest BCUT2D eigenvalue weighted by molar-refractivity contribution is 5.73. The number of aliphatic hydroxyl groups is 7. The molecule has 15 atom stereocenters. The van der Waals surface area contributed by atoms with Crippen molar-refractivity contribution in [3.8, 4) is 11.5 Å². The third-order valence-corrected chi connectivity index (χ3v) is 7.71. The Balaban J connectivity index is 1.48. The summed E-state index contributed by atoms with van der Waals surface area (Å²) >= 11 is 0. The highest BCUT2D eigenvalue weighted by Crippen LogP contribution is 2.33. The summed E-state index contributed by atoms with van der Waals surface area (Å²) in [6.45, 7) is 1.81. The highest BCUT2D eigenvalue weighted by atomic mass is 16.8. The minimum atomic E-state index is -1.98. The summed E-state index contributed by atoms with van der Waals surface area (Å²) in [6, 6.07) is 4.66. The monoisotopic (exact) mass is 649 g/mol. The lowest BCUT2D eigenvalue weighted by atomic mass is 9.95. The Morgan fingerprint density at radius 3 is 1.98 bits per heavy atom. The third kappa shape index (κ3) is 7.64. The van der Waals surface area contributed by atoms with Crippen LogP contribution < -0.4 is 14.8 Å². The van der Waals surface area contributed by atoms with Gasteiger partial charge in [0.15, 0.2) is 18.7 Å². The molecule has 254 valence electrons. The van der Waals surface area contributed by atoms with Crippen molar-refractivity contribution in [1.82, 2.24) is 5.32 Å². The number of methoxy groups -OCH3 is 1. The molecule has 3 fully saturated rings. The van der Waals surface area contributed by atoms with Crippen LogP contribution in [0, 0.1) is 0 Å². The SMILES string of the molecule is COc1ccc(O[C@H]2O[C@H](C(=O)O)[C@@H](O)[C@H](O[C@H]3O[C@@H](C)[C@@H](O[C@@H]4O[C@H](CO)[C@@H](O)[C@H](O)[C@H]4NC(C)=O)[C@@H](O)[C@@H]3O)[C@H]2O)cc1. The second-order valence-corrected chi connectivity index (χ2v) is 10.9. The van der Waals surface area contributed by atoms with E-state index in [2.05, 4.69) is 5.32 Å². The smallest absolute Gasteiger partial charge is 0.335 e. The van der Waals surface area contributed by atoms with Crippen LogP contribution in [0.5, 0.6) is 11.5 Å². The Bertz CT molecular complexity index is 1140. The van der Waals surface area contributed by atoms with E-state index in [1.807, 2.05) is 0 Å². The maximum atomic E-state index is 11.9. The predicted octanol–water partition coefficient (Wildman–Crippen LogP) is -4.21. The molecule has 0 radical (unpaired) electrons. The van der Waals surface area contributed by atoms with E-state index in [9.17, 15) is 50.4 Å². The molecule has 0 aromatic heterocycles. The van der Waals surface area contributed by atoms with E-state index < -0.39 is 111 Å². The number of hydrogen-bond acceptors (Lipinski definition) is 16. The first-order chi connectivity index (χ1) is 21.3. The molecule has 3 heterocycles. The zero-order valence-corrected chi connectivity index (χ0v) is 24.4. The standard InChI is InChI=1S/C27H39NO17/c1-9-21(43-25-14(28-10(2)30)16(32)15(31)13(8-29)42-25)17(33)18(34)26(40-9)44-22-19(35)23(24(37)38)45-27(20(22)36)41-12-6-4-11(39-3)5-7-12/h4-7,9,13-23,25-27,29,31-36H,8H2,1-3H3,(H,28,30)(H,37,38)/t9-,13+,14+,15+,16+,17-,18-,19-,20+,21+,22-,23-,25-,26+,27-/m0/s1. The van der Waals surface area contributed by atoms with Crippen molar-refractivity contribution in [2.24, 2.45) is 0 Å². The molecule has 1 amide bonds. The molecule has 0 bridgehead atoms. The van der Waals surface area contributed by atoms with E-state index in [1.165, 1.54) is 26.2 Å². The molecule has 9 N–H and O–H groups in total. The van der Waals surface area contributed by atoms with Gasteiger partial charge in [0.1, 0.15) is 72.5 Å². The van der Waals surface area contributed by atoms with Crippen LogP contribution in [-0.2, 0) is 33.3 Å².